The number of nitrogens with one attached hydrogen (secondary N) is 1. The van der Waals surface area contributed by atoms with Gasteiger partial charge in [-0.1, -0.05) is 45.2 Å². The van der Waals surface area contributed by atoms with Crippen molar-refractivity contribution in [2.75, 3.05) is 0 Å². The topological polar surface area (TPSA) is 55.9 Å². The van der Waals surface area contributed by atoms with Crippen LogP contribution in [0.5, 0.6) is 0 Å². The van der Waals surface area contributed by atoms with E-state index in [1.807, 2.05) is 11.7 Å². The maximum Gasteiger partial charge on any atom is 0.0850 e. The molecule has 1 aliphatic rings. The van der Waals surface area contributed by atoms with E-state index >= 15 is 0 Å². The predicted molar refractivity (Wildman–Crippen MR) is 88.2 cm³/mol. The van der Waals surface area contributed by atoms with Crippen LogP contribution in [0.1, 0.15) is 57.8 Å². The summed E-state index contributed by atoms with van der Waals surface area (Å²) in [6.45, 7) is 6.81. The molecule has 120 valence electrons. The van der Waals surface area contributed by atoms with Gasteiger partial charge in [0.1, 0.15) is 0 Å². The van der Waals surface area contributed by atoms with Gasteiger partial charge in [0.2, 0.25) is 0 Å². The second-order valence-electron chi connectivity index (χ2n) is 7.00. The third kappa shape index (κ3) is 3.43. The molecule has 4 nitrogen and oxygen atoms in total. The van der Waals surface area contributed by atoms with Gasteiger partial charge in [-0.2, -0.15) is 5.10 Å². The maximum atomic E-state index is 6.49. The molecule has 2 rings (SSSR count). The van der Waals surface area contributed by atoms with Crippen molar-refractivity contribution >= 4 is 11.6 Å². The lowest BCUT2D eigenvalue weighted by Gasteiger charge is -2.43. The Balaban J connectivity index is 2.21. The third-order valence-corrected chi connectivity index (χ3v) is 5.64. The third-order valence-electron chi connectivity index (χ3n) is 5.21. The van der Waals surface area contributed by atoms with Gasteiger partial charge >= 0.3 is 0 Å². The van der Waals surface area contributed by atoms with E-state index in [4.69, 9.17) is 17.4 Å². The molecule has 1 saturated carbocycles. The zero-order valence-electron chi connectivity index (χ0n) is 13.7. The normalized spacial score (nSPS) is 23.2. The average molecular weight is 313 g/mol. The van der Waals surface area contributed by atoms with E-state index in [0.717, 1.165) is 29.3 Å². The summed E-state index contributed by atoms with van der Waals surface area (Å²) in [5, 5.41) is 5.33. The van der Waals surface area contributed by atoms with Gasteiger partial charge in [-0.15, -0.1) is 0 Å². The van der Waals surface area contributed by atoms with Crippen LogP contribution in [0.15, 0.2) is 0 Å². The van der Waals surface area contributed by atoms with Crippen molar-refractivity contribution in [2.45, 2.75) is 65.3 Å². The fourth-order valence-corrected chi connectivity index (χ4v) is 4.20. The van der Waals surface area contributed by atoms with E-state index in [0.29, 0.717) is 11.3 Å². The van der Waals surface area contributed by atoms with Crippen LogP contribution >= 0.6 is 11.6 Å². The molecule has 1 heterocycles. The molecule has 1 aliphatic carbocycles. The van der Waals surface area contributed by atoms with Gasteiger partial charge in [-0.25, -0.2) is 0 Å². The molecular weight excluding hydrogens is 284 g/mol. The van der Waals surface area contributed by atoms with Crippen LogP contribution in [-0.4, -0.2) is 15.8 Å². The summed E-state index contributed by atoms with van der Waals surface area (Å²) in [7, 11) is 1.97. The highest BCUT2D eigenvalue weighted by molar-refractivity contribution is 6.31. The van der Waals surface area contributed by atoms with E-state index < -0.39 is 0 Å². The lowest BCUT2D eigenvalue weighted by molar-refractivity contribution is 0.0974. The summed E-state index contributed by atoms with van der Waals surface area (Å²) in [6, 6.07) is 0.248. The van der Waals surface area contributed by atoms with Gasteiger partial charge in [0.05, 0.1) is 16.4 Å². The zero-order chi connectivity index (χ0) is 15.6. The Morgan fingerprint density at radius 1 is 1.48 bits per heavy atom. The molecule has 0 saturated heterocycles. The van der Waals surface area contributed by atoms with Gasteiger partial charge in [-0.05, 0) is 30.6 Å². The molecule has 0 aliphatic heterocycles. The molecule has 21 heavy (non-hydrogen) atoms. The lowest BCUT2D eigenvalue weighted by atomic mass is 9.65. The van der Waals surface area contributed by atoms with E-state index in [-0.39, 0.29) is 6.04 Å². The minimum atomic E-state index is 0.248. The predicted octanol–water partition coefficient (Wildman–Crippen LogP) is 3.23. The Kier molecular flexibility index (Phi) is 5.33. The van der Waals surface area contributed by atoms with Crippen LogP contribution in [0.3, 0.4) is 0 Å². The zero-order valence-corrected chi connectivity index (χ0v) is 14.5. The van der Waals surface area contributed by atoms with Crippen molar-refractivity contribution in [3.8, 4) is 0 Å². The van der Waals surface area contributed by atoms with Gasteiger partial charge in [-0.3, -0.25) is 16.0 Å². The molecular formula is C16H29ClN4. The highest BCUT2D eigenvalue weighted by Crippen LogP contribution is 2.43. The van der Waals surface area contributed by atoms with Crippen molar-refractivity contribution in [3.63, 3.8) is 0 Å². The van der Waals surface area contributed by atoms with E-state index in [1.54, 1.807) is 0 Å². The molecule has 0 spiro atoms. The number of nitrogens with zero attached hydrogens (tertiary/aromatic N) is 2. The fourth-order valence-electron chi connectivity index (χ4n) is 3.83. The molecule has 0 aromatic carbocycles. The van der Waals surface area contributed by atoms with Crippen molar-refractivity contribution in [1.29, 1.82) is 0 Å². The first kappa shape index (κ1) is 16.8. The van der Waals surface area contributed by atoms with Crippen LogP contribution in [0.4, 0.5) is 0 Å². The van der Waals surface area contributed by atoms with E-state index in [1.165, 1.54) is 25.7 Å². The number of nitrogens with two attached hydrogens (primary N) is 1. The van der Waals surface area contributed by atoms with Crippen LogP contribution < -0.4 is 11.3 Å². The molecule has 1 aromatic heterocycles. The standard InChI is InChI=1S/C16H29ClN4/c1-5-12-15(17)14(21(4)20-12)10-13(19-18)11-8-6-7-9-16(11,2)3/h11,13,19H,5-10,18H2,1-4H3. The maximum absolute atomic E-state index is 6.49. The fraction of sp³-hybridized carbons (Fsp3) is 0.812. The first-order chi connectivity index (χ1) is 9.90. The summed E-state index contributed by atoms with van der Waals surface area (Å²) < 4.78 is 1.92. The summed E-state index contributed by atoms with van der Waals surface area (Å²) in [5.74, 6) is 6.47. The molecule has 0 bridgehead atoms. The van der Waals surface area contributed by atoms with Crippen LogP contribution in [0.25, 0.3) is 0 Å². The van der Waals surface area contributed by atoms with Crippen molar-refractivity contribution in [3.05, 3.63) is 16.4 Å². The molecule has 2 unspecified atom stereocenters. The van der Waals surface area contributed by atoms with Gasteiger partial charge in [0.15, 0.2) is 0 Å². The number of hydrazine groups is 1. The molecule has 0 amide bonds. The van der Waals surface area contributed by atoms with Crippen LogP contribution in [0, 0.1) is 11.3 Å². The molecule has 3 N–H and O–H groups in total. The summed E-state index contributed by atoms with van der Waals surface area (Å²) in [6.07, 6.45) is 6.83. The Hall–Kier alpha value is -0.580. The second kappa shape index (κ2) is 6.67. The van der Waals surface area contributed by atoms with Gasteiger partial charge < -0.3 is 0 Å². The molecule has 2 atom stereocenters. The summed E-state index contributed by atoms with van der Waals surface area (Å²) >= 11 is 6.49. The Morgan fingerprint density at radius 2 is 2.19 bits per heavy atom. The number of hydrogen-bond acceptors (Lipinski definition) is 3. The number of rotatable bonds is 5. The Bertz CT molecular complexity index is 481. The van der Waals surface area contributed by atoms with Crippen LogP contribution in [0.2, 0.25) is 5.02 Å². The quantitative estimate of drug-likeness (QED) is 0.648. The average Bonchev–Trinajstić information content (AvgIpc) is 2.71. The highest BCUT2D eigenvalue weighted by Gasteiger charge is 2.37. The Morgan fingerprint density at radius 3 is 2.71 bits per heavy atom. The first-order valence-electron chi connectivity index (χ1n) is 8.07. The molecule has 1 fully saturated rings. The second-order valence-corrected chi connectivity index (χ2v) is 7.38. The minimum absolute atomic E-state index is 0.248. The lowest BCUT2D eigenvalue weighted by Crippen LogP contribution is -2.49. The number of aromatic nitrogens is 2. The van der Waals surface area contributed by atoms with E-state index in [2.05, 4.69) is 31.3 Å². The number of hydrogen-bond donors (Lipinski definition) is 2. The van der Waals surface area contributed by atoms with Gasteiger partial charge in [0.25, 0.3) is 0 Å². The minimum Gasteiger partial charge on any atom is -0.271 e. The largest absolute Gasteiger partial charge is 0.271 e. The smallest absolute Gasteiger partial charge is 0.0850 e. The first-order valence-corrected chi connectivity index (χ1v) is 8.44. The summed E-state index contributed by atoms with van der Waals surface area (Å²) in [5.41, 5.74) is 5.46. The molecule has 5 heteroatoms. The Labute approximate surface area is 133 Å². The van der Waals surface area contributed by atoms with Crippen molar-refractivity contribution in [2.24, 2.45) is 24.2 Å². The van der Waals surface area contributed by atoms with Crippen molar-refractivity contribution in [1.82, 2.24) is 15.2 Å². The van der Waals surface area contributed by atoms with Crippen molar-refractivity contribution < 1.29 is 0 Å². The van der Waals surface area contributed by atoms with Gasteiger partial charge in [0, 0.05) is 19.5 Å². The van der Waals surface area contributed by atoms with Crippen LogP contribution in [-0.2, 0) is 19.9 Å². The summed E-state index contributed by atoms with van der Waals surface area (Å²) in [4.78, 5) is 0. The number of halogens is 1. The van der Waals surface area contributed by atoms with E-state index in [9.17, 15) is 0 Å². The SMILES string of the molecule is CCc1nn(C)c(CC(NN)C2CCCCC2(C)C)c1Cl. The highest BCUT2D eigenvalue weighted by atomic mass is 35.5. The molecule has 1 aromatic rings. The molecule has 0 radical (unpaired) electrons. The monoisotopic (exact) mass is 312 g/mol. The number of aryl methyl sites for hydroxylation is 2.